The number of nitrogens with zero attached hydrogens (tertiary/aromatic N) is 3. The number of nitro benzene ring substituents is 1. The smallest absolute Gasteiger partial charge is 0.441 e. The van der Waals surface area contributed by atoms with E-state index in [0.717, 1.165) is 0 Å². The number of carbonyl (C=O) groups excluding carboxylic acids is 3. The number of aliphatic hydroxyl groups excluding tert-OH is 1. The summed E-state index contributed by atoms with van der Waals surface area (Å²) in [5.74, 6) is -4.20. The van der Waals surface area contributed by atoms with E-state index in [2.05, 4.69) is 10.1 Å². The van der Waals surface area contributed by atoms with Crippen LogP contribution in [-0.2, 0) is 25.7 Å². The Balaban J connectivity index is 2.00. The first-order chi connectivity index (χ1) is 13.2. The van der Waals surface area contributed by atoms with Crippen LogP contribution in [0.2, 0.25) is 0 Å². The molecule has 0 unspecified atom stereocenters. The third-order valence-electron chi connectivity index (χ3n) is 4.51. The highest BCUT2D eigenvalue weighted by atomic mass is 16.6. The molecule has 0 bridgehead atoms. The fraction of sp³-hybridized carbons (Fsp3) is 0.412. The van der Waals surface area contributed by atoms with Crippen LogP contribution in [0.3, 0.4) is 0 Å². The van der Waals surface area contributed by atoms with Gasteiger partial charge in [-0.1, -0.05) is 6.92 Å². The molecule has 1 aliphatic rings. The van der Waals surface area contributed by atoms with Gasteiger partial charge in [0.1, 0.15) is 6.61 Å². The summed E-state index contributed by atoms with van der Waals surface area (Å²) in [7, 11) is 0. The number of β-lactam (4-membered cyclic amide) rings is 1. The van der Waals surface area contributed by atoms with Gasteiger partial charge in [0.15, 0.2) is 0 Å². The maximum atomic E-state index is 12.5. The van der Waals surface area contributed by atoms with Crippen LogP contribution in [0, 0.1) is 22.0 Å². The average molecular weight is 390 g/mol. The van der Waals surface area contributed by atoms with Crippen molar-refractivity contribution in [1.82, 2.24) is 5.32 Å². The molecule has 0 saturated carbocycles. The van der Waals surface area contributed by atoms with Crippen molar-refractivity contribution in [3.8, 4) is 0 Å². The molecule has 1 saturated heterocycles. The fourth-order valence-corrected chi connectivity index (χ4v) is 2.87. The van der Waals surface area contributed by atoms with Gasteiger partial charge in [0, 0.05) is 18.1 Å². The van der Waals surface area contributed by atoms with E-state index in [4.69, 9.17) is 10.3 Å². The number of non-ortho nitro benzene ring substituents is 1. The van der Waals surface area contributed by atoms with Crippen LogP contribution in [-0.4, -0.2) is 50.3 Å². The van der Waals surface area contributed by atoms with Crippen molar-refractivity contribution in [3.63, 3.8) is 0 Å². The SMILES string of the molecule is C[C@H](O)[C@@H]1C(=O)N[C@H]1[C@H](C)C(=O)C(=[N+]=[N-])C(=O)OCc1ccc([N+](=O)[O-])cc1. The first kappa shape index (κ1) is 20.9. The number of esters is 1. The first-order valence-electron chi connectivity index (χ1n) is 8.32. The van der Waals surface area contributed by atoms with E-state index >= 15 is 0 Å². The molecule has 1 aromatic rings. The average Bonchev–Trinajstić information content (AvgIpc) is 2.63. The van der Waals surface area contributed by atoms with Crippen LogP contribution in [0.25, 0.3) is 5.53 Å². The molecule has 1 heterocycles. The number of nitro groups is 1. The number of amides is 1. The highest BCUT2D eigenvalue weighted by Crippen LogP contribution is 2.26. The summed E-state index contributed by atoms with van der Waals surface area (Å²) in [4.78, 5) is 48.8. The predicted molar refractivity (Wildman–Crippen MR) is 92.8 cm³/mol. The Bertz CT molecular complexity index is 859. The Kier molecular flexibility index (Phi) is 6.34. The monoisotopic (exact) mass is 390 g/mol. The van der Waals surface area contributed by atoms with Crippen molar-refractivity contribution in [2.24, 2.45) is 11.8 Å². The largest absolute Gasteiger partial charge is 0.452 e. The van der Waals surface area contributed by atoms with Gasteiger partial charge in [-0.2, -0.15) is 4.79 Å². The van der Waals surface area contributed by atoms with Crippen molar-refractivity contribution < 1.29 is 33.9 Å². The second-order valence-electron chi connectivity index (χ2n) is 6.40. The van der Waals surface area contributed by atoms with Gasteiger partial charge < -0.3 is 20.7 Å². The minimum Gasteiger partial charge on any atom is -0.452 e. The van der Waals surface area contributed by atoms with Crippen molar-refractivity contribution >= 4 is 29.1 Å². The summed E-state index contributed by atoms with van der Waals surface area (Å²) < 4.78 is 4.92. The van der Waals surface area contributed by atoms with E-state index in [1.807, 2.05) is 0 Å². The molecule has 0 aliphatic carbocycles. The number of carbonyl (C=O) groups is 3. The molecule has 1 amide bonds. The van der Waals surface area contributed by atoms with E-state index in [9.17, 15) is 29.6 Å². The maximum absolute atomic E-state index is 12.5. The Morgan fingerprint density at radius 2 is 1.96 bits per heavy atom. The lowest BCUT2D eigenvalue weighted by Crippen LogP contribution is -2.66. The van der Waals surface area contributed by atoms with Crippen LogP contribution < -0.4 is 5.32 Å². The van der Waals surface area contributed by atoms with Gasteiger partial charge in [0.05, 0.1) is 23.0 Å². The van der Waals surface area contributed by atoms with Gasteiger partial charge >= 0.3 is 11.7 Å². The number of ketones is 1. The lowest BCUT2D eigenvalue weighted by Gasteiger charge is -2.40. The third kappa shape index (κ3) is 4.27. The second kappa shape index (κ2) is 8.51. The third-order valence-corrected chi connectivity index (χ3v) is 4.51. The first-order valence-corrected chi connectivity index (χ1v) is 8.32. The summed E-state index contributed by atoms with van der Waals surface area (Å²) in [5, 5.41) is 22.7. The number of ether oxygens (including phenoxy) is 1. The summed E-state index contributed by atoms with van der Waals surface area (Å²) in [5.41, 5.74) is 8.51. The van der Waals surface area contributed by atoms with Crippen molar-refractivity contribution in [2.45, 2.75) is 32.6 Å². The van der Waals surface area contributed by atoms with Gasteiger partial charge in [-0.15, -0.1) is 0 Å². The number of aliphatic hydroxyl groups is 1. The Morgan fingerprint density at radius 1 is 1.36 bits per heavy atom. The molecule has 148 valence electrons. The molecule has 11 heteroatoms. The molecule has 28 heavy (non-hydrogen) atoms. The number of rotatable bonds is 8. The van der Waals surface area contributed by atoms with E-state index < -0.39 is 52.3 Å². The quantitative estimate of drug-likeness (QED) is 0.0919. The van der Waals surface area contributed by atoms with Gasteiger partial charge in [0.2, 0.25) is 5.91 Å². The van der Waals surface area contributed by atoms with E-state index in [1.165, 1.54) is 38.1 Å². The molecule has 0 aromatic heterocycles. The zero-order chi connectivity index (χ0) is 21.0. The van der Waals surface area contributed by atoms with Gasteiger partial charge in [0.25, 0.3) is 11.5 Å². The van der Waals surface area contributed by atoms with Crippen LogP contribution >= 0.6 is 0 Å². The van der Waals surface area contributed by atoms with Gasteiger partial charge in [-0.3, -0.25) is 19.7 Å². The second-order valence-corrected chi connectivity index (χ2v) is 6.40. The number of benzene rings is 1. The number of nitrogens with one attached hydrogen (secondary N) is 1. The van der Waals surface area contributed by atoms with Crippen molar-refractivity contribution in [1.29, 1.82) is 0 Å². The minimum absolute atomic E-state index is 0.132. The number of hydrogen-bond acceptors (Lipinski definition) is 7. The Hall–Kier alpha value is -3.43. The normalized spacial score (nSPS) is 20.0. The van der Waals surface area contributed by atoms with Crippen LogP contribution in [0.5, 0.6) is 0 Å². The summed E-state index contributed by atoms with van der Waals surface area (Å²) >= 11 is 0. The summed E-state index contributed by atoms with van der Waals surface area (Å²) in [6, 6.07) is 4.50. The van der Waals surface area contributed by atoms with Gasteiger partial charge in [-0.25, -0.2) is 4.79 Å². The van der Waals surface area contributed by atoms with Crippen LogP contribution in [0.4, 0.5) is 5.69 Å². The predicted octanol–water partition coefficient (Wildman–Crippen LogP) is 0.00940. The standard InChI is InChI=1S/C17H18N4O7/c1-8(13-12(9(2)22)16(24)19-13)15(23)14(20-18)17(25)28-7-10-3-5-11(6-4-10)21(26)27/h3-6,8-9,12-13,22H,7H2,1-2H3,(H,19,24)/t8-,9-,12-,13-/m0/s1. The number of Topliss-reactive ketones (excluding diaryl/α,β-unsaturated/α-hetero) is 1. The summed E-state index contributed by atoms with van der Waals surface area (Å²) in [6.07, 6.45) is -0.988. The molecule has 4 atom stereocenters. The molecule has 2 rings (SSSR count). The maximum Gasteiger partial charge on any atom is 0.441 e. The molecule has 11 nitrogen and oxygen atoms in total. The molecule has 2 N–H and O–H groups in total. The van der Waals surface area contributed by atoms with Crippen molar-refractivity contribution in [3.05, 3.63) is 45.5 Å². The molecule has 0 spiro atoms. The van der Waals surface area contributed by atoms with E-state index in [-0.39, 0.29) is 12.3 Å². The van der Waals surface area contributed by atoms with Crippen LogP contribution in [0.1, 0.15) is 19.4 Å². The molecule has 1 fully saturated rings. The van der Waals surface area contributed by atoms with Crippen LogP contribution in [0.15, 0.2) is 24.3 Å². The summed E-state index contributed by atoms with van der Waals surface area (Å²) in [6.45, 7) is 2.54. The molecule has 0 radical (unpaired) electrons. The highest BCUT2D eigenvalue weighted by molar-refractivity contribution is 6.62. The zero-order valence-corrected chi connectivity index (χ0v) is 15.1. The topological polar surface area (TPSA) is 172 Å². The molecular weight excluding hydrogens is 372 g/mol. The highest BCUT2D eigenvalue weighted by Gasteiger charge is 2.50. The minimum atomic E-state index is -1.18. The van der Waals surface area contributed by atoms with E-state index in [1.54, 1.807) is 0 Å². The lowest BCUT2D eigenvalue weighted by molar-refractivity contribution is -0.384. The van der Waals surface area contributed by atoms with E-state index in [0.29, 0.717) is 5.56 Å². The number of hydrogen-bond donors (Lipinski definition) is 2. The molecule has 1 aliphatic heterocycles. The van der Waals surface area contributed by atoms with Crippen molar-refractivity contribution in [2.75, 3.05) is 0 Å². The Morgan fingerprint density at radius 3 is 2.43 bits per heavy atom. The molecular formula is C17H18N4O7. The Labute approximate surface area is 159 Å². The molecule has 1 aromatic carbocycles. The van der Waals surface area contributed by atoms with Gasteiger partial charge in [-0.05, 0) is 24.6 Å². The lowest BCUT2D eigenvalue weighted by atomic mass is 9.76. The zero-order valence-electron chi connectivity index (χ0n) is 15.1. The fourth-order valence-electron chi connectivity index (χ4n) is 2.87.